The van der Waals surface area contributed by atoms with Crippen LogP contribution in [0, 0.1) is 0 Å². The minimum absolute atomic E-state index is 0.0897. The molecule has 1 aromatic carbocycles. The van der Waals surface area contributed by atoms with Gasteiger partial charge >= 0.3 is 0 Å². The molecule has 0 amide bonds. The lowest BCUT2D eigenvalue weighted by molar-refractivity contribution is 0.445. The van der Waals surface area contributed by atoms with Gasteiger partial charge in [0, 0.05) is 29.7 Å². The number of benzene rings is 1. The Kier molecular flexibility index (Phi) is 5.45. The molecule has 0 atom stereocenters. The number of azo groups is 1. The number of rotatable bonds is 6. The fourth-order valence-corrected chi connectivity index (χ4v) is 4.21. The third-order valence-corrected chi connectivity index (χ3v) is 6.30. The molecular formula is C17H18ClN5O3S. The summed E-state index contributed by atoms with van der Waals surface area (Å²) in [5.74, 6) is 0.0704. The number of fused-ring (bicyclic) bond motifs is 1. The molecule has 2 heterocycles. The topological polar surface area (TPSA) is 111 Å². The Bertz CT molecular complexity index is 1090. The quantitative estimate of drug-likeness (QED) is 0.591. The van der Waals surface area contributed by atoms with Crippen LogP contribution in [0.3, 0.4) is 0 Å². The number of aromatic nitrogens is 2. The molecule has 0 fully saturated rings. The summed E-state index contributed by atoms with van der Waals surface area (Å²) in [4.78, 5) is 6.91. The molecule has 8 nitrogen and oxygen atoms in total. The number of aromatic hydroxyl groups is 1. The van der Waals surface area contributed by atoms with Crippen LogP contribution in [0.15, 0.2) is 51.7 Å². The van der Waals surface area contributed by atoms with E-state index >= 15 is 0 Å². The number of pyridine rings is 1. The van der Waals surface area contributed by atoms with Crippen LogP contribution in [-0.4, -0.2) is 40.9 Å². The van der Waals surface area contributed by atoms with Gasteiger partial charge in [0.15, 0.2) is 11.5 Å². The summed E-state index contributed by atoms with van der Waals surface area (Å²) >= 11 is 5.99. The van der Waals surface area contributed by atoms with Gasteiger partial charge in [-0.15, -0.1) is 10.2 Å². The number of halogens is 1. The minimum atomic E-state index is -3.58. The van der Waals surface area contributed by atoms with E-state index in [2.05, 4.69) is 20.2 Å². The molecule has 2 N–H and O–H groups in total. The Labute approximate surface area is 161 Å². The first kappa shape index (κ1) is 19.3. The number of hydrogen-bond acceptors (Lipinski definition) is 6. The van der Waals surface area contributed by atoms with Crippen molar-refractivity contribution in [1.82, 2.24) is 14.3 Å². The molecule has 3 aromatic rings. The summed E-state index contributed by atoms with van der Waals surface area (Å²) in [5.41, 5.74) is 0.897. The number of H-pyrrole nitrogens is 1. The van der Waals surface area contributed by atoms with Gasteiger partial charge < -0.3 is 10.1 Å². The lowest BCUT2D eigenvalue weighted by Crippen LogP contribution is -2.30. The molecule has 3 rings (SSSR count). The second kappa shape index (κ2) is 7.63. The summed E-state index contributed by atoms with van der Waals surface area (Å²) in [6, 6.07) is 7.97. The van der Waals surface area contributed by atoms with Gasteiger partial charge in [-0.2, -0.15) is 4.31 Å². The normalized spacial score (nSPS) is 12.4. The smallest absolute Gasteiger partial charge is 0.244 e. The lowest BCUT2D eigenvalue weighted by Gasteiger charge is -2.17. The van der Waals surface area contributed by atoms with Gasteiger partial charge in [-0.1, -0.05) is 25.4 Å². The first-order chi connectivity index (χ1) is 12.9. The number of hydrogen-bond donors (Lipinski definition) is 2. The highest BCUT2D eigenvalue weighted by Crippen LogP contribution is 2.37. The van der Waals surface area contributed by atoms with E-state index in [0.29, 0.717) is 29.0 Å². The van der Waals surface area contributed by atoms with Crippen LogP contribution in [-0.2, 0) is 10.0 Å². The molecular weight excluding hydrogens is 390 g/mol. The molecule has 0 aliphatic heterocycles. The predicted octanol–water partition coefficient (Wildman–Crippen LogP) is 4.37. The highest BCUT2D eigenvalue weighted by atomic mass is 35.5. The zero-order chi connectivity index (χ0) is 19.6. The molecule has 2 aromatic heterocycles. The number of aromatic amines is 1. The van der Waals surface area contributed by atoms with Crippen LogP contribution >= 0.6 is 11.6 Å². The number of nitrogens with zero attached hydrogens (tertiary/aromatic N) is 4. The zero-order valence-electron chi connectivity index (χ0n) is 14.7. The van der Waals surface area contributed by atoms with Gasteiger partial charge in [-0.05, 0) is 30.3 Å². The van der Waals surface area contributed by atoms with Crippen molar-refractivity contribution in [2.24, 2.45) is 10.2 Å². The molecule has 142 valence electrons. The monoisotopic (exact) mass is 407 g/mol. The van der Waals surface area contributed by atoms with Crippen molar-refractivity contribution >= 4 is 44.0 Å². The van der Waals surface area contributed by atoms with E-state index in [0.717, 1.165) is 0 Å². The van der Waals surface area contributed by atoms with Crippen LogP contribution < -0.4 is 0 Å². The number of nitrogens with one attached hydrogen (secondary N) is 1. The van der Waals surface area contributed by atoms with Crippen LogP contribution in [0.1, 0.15) is 13.8 Å². The summed E-state index contributed by atoms with van der Waals surface area (Å²) in [5, 5.41) is 19.1. The van der Waals surface area contributed by atoms with Gasteiger partial charge in [0.05, 0.1) is 5.52 Å². The first-order valence-corrected chi connectivity index (χ1v) is 10.1. The van der Waals surface area contributed by atoms with Gasteiger partial charge in [-0.3, -0.25) is 0 Å². The van der Waals surface area contributed by atoms with E-state index in [9.17, 15) is 13.5 Å². The van der Waals surface area contributed by atoms with Crippen molar-refractivity contribution < 1.29 is 13.5 Å². The molecule has 0 saturated carbocycles. The third-order valence-electron chi connectivity index (χ3n) is 4.03. The van der Waals surface area contributed by atoms with E-state index in [1.165, 1.54) is 22.6 Å². The Hall–Kier alpha value is -2.49. The molecule has 0 saturated heterocycles. The zero-order valence-corrected chi connectivity index (χ0v) is 16.3. The molecule has 0 unspecified atom stereocenters. The SMILES string of the molecule is CCN(CC)S(=O)(=O)c1ccc(N=Nc2c(O)[nH]c3ccc(Cl)cc23)nc1. The average Bonchev–Trinajstić information content (AvgIpc) is 2.95. The molecule has 0 aliphatic carbocycles. The second-order valence-electron chi connectivity index (χ2n) is 5.65. The summed E-state index contributed by atoms with van der Waals surface area (Å²) in [6.45, 7) is 4.30. The van der Waals surface area contributed by atoms with Crippen LogP contribution in [0.25, 0.3) is 10.9 Å². The number of sulfonamides is 1. The standard InChI is InChI=1S/C17H18ClN5O3S/c1-3-23(4-2)27(25,26)12-6-8-15(19-10-12)21-22-16-13-9-11(18)5-7-14(13)20-17(16)24/h5-10,20,24H,3-4H2,1-2H3. The molecule has 0 radical (unpaired) electrons. The Balaban J connectivity index is 1.89. The van der Waals surface area contributed by atoms with Crippen molar-refractivity contribution in [2.45, 2.75) is 18.7 Å². The third kappa shape index (κ3) is 3.80. The first-order valence-electron chi connectivity index (χ1n) is 8.25. The second-order valence-corrected chi connectivity index (χ2v) is 8.03. The summed E-state index contributed by atoms with van der Waals surface area (Å²) in [6.07, 6.45) is 1.24. The lowest BCUT2D eigenvalue weighted by atomic mass is 10.2. The van der Waals surface area contributed by atoms with E-state index in [1.807, 2.05) is 0 Å². The van der Waals surface area contributed by atoms with E-state index in [4.69, 9.17) is 11.6 Å². The van der Waals surface area contributed by atoms with E-state index in [-0.39, 0.29) is 22.3 Å². The molecule has 0 aliphatic rings. The van der Waals surface area contributed by atoms with Gasteiger partial charge in [0.1, 0.15) is 4.90 Å². The van der Waals surface area contributed by atoms with Crippen LogP contribution in [0.4, 0.5) is 11.5 Å². The summed E-state index contributed by atoms with van der Waals surface area (Å²) < 4.78 is 26.3. The van der Waals surface area contributed by atoms with Gasteiger partial charge in [0.2, 0.25) is 15.9 Å². The average molecular weight is 408 g/mol. The Morgan fingerprint density at radius 1 is 1.19 bits per heavy atom. The molecule has 27 heavy (non-hydrogen) atoms. The maximum Gasteiger partial charge on any atom is 0.244 e. The largest absolute Gasteiger partial charge is 0.493 e. The maximum atomic E-state index is 12.5. The van der Waals surface area contributed by atoms with Gasteiger partial charge in [-0.25, -0.2) is 13.4 Å². The van der Waals surface area contributed by atoms with E-state index < -0.39 is 10.0 Å². The highest BCUT2D eigenvalue weighted by Gasteiger charge is 2.21. The fourth-order valence-electron chi connectivity index (χ4n) is 2.63. The molecule has 0 spiro atoms. The maximum absolute atomic E-state index is 12.5. The van der Waals surface area contributed by atoms with Crippen LogP contribution in [0.5, 0.6) is 5.88 Å². The molecule has 0 bridgehead atoms. The fraction of sp³-hybridized carbons (Fsp3) is 0.235. The predicted molar refractivity (Wildman–Crippen MR) is 103 cm³/mol. The van der Waals surface area contributed by atoms with Crippen molar-refractivity contribution in [2.75, 3.05) is 13.1 Å². The van der Waals surface area contributed by atoms with Crippen molar-refractivity contribution in [3.63, 3.8) is 0 Å². The summed E-state index contributed by atoms with van der Waals surface area (Å²) in [7, 11) is -3.58. The highest BCUT2D eigenvalue weighted by molar-refractivity contribution is 7.89. The van der Waals surface area contributed by atoms with Gasteiger partial charge in [0.25, 0.3) is 0 Å². The molecule has 10 heteroatoms. The minimum Gasteiger partial charge on any atom is -0.493 e. The Morgan fingerprint density at radius 2 is 1.93 bits per heavy atom. The van der Waals surface area contributed by atoms with Crippen molar-refractivity contribution in [1.29, 1.82) is 0 Å². The van der Waals surface area contributed by atoms with Crippen molar-refractivity contribution in [3.05, 3.63) is 41.6 Å². The van der Waals surface area contributed by atoms with E-state index in [1.54, 1.807) is 32.0 Å². The van der Waals surface area contributed by atoms with Crippen LogP contribution in [0.2, 0.25) is 5.02 Å². The Morgan fingerprint density at radius 3 is 2.56 bits per heavy atom. The van der Waals surface area contributed by atoms with Crippen molar-refractivity contribution in [3.8, 4) is 5.88 Å².